The van der Waals surface area contributed by atoms with Gasteiger partial charge in [0.05, 0.1) is 6.10 Å². The molecular weight excluding hydrogens is 375 g/mol. The Hall–Kier alpha value is -1.99. The molecule has 0 bridgehead atoms. The molecule has 1 heterocycles. The highest BCUT2D eigenvalue weighted by molar-refractivity contribution is 7.79. The Morgan fingerprint density at radius 2 is 1.52 bits per heavy atom. The van der Waals surface area contributed by atoms with Gasteiger partial charge in [0.15, 0.2) is 6.29 Å². The normalized spacial score (nSPS) is 17.9. The van der Waals surface area contributed by atoms with Crippen molar-refractivity contribution in [3.8, 4) is 0 Å². The first-order valence-corrected chi connectivity index (χ1v) is 11.9. The third kappa shape index (κ3) is 5.54. The van der Waals surface area contributed by atoms with E-state index in [1.54, 1.807) is 0 Å². The Labute approximate surface area is 175 Å². The topological polar surface area (TPSA) is 18.5 Å². The molecule has 0 aliphatic carbocycles. The summed E-state index contributed by atoms with van der Waals surface area (Å²) < 4.78 is 11.9. The Morgan fingerprint density at radius 3 is 2.14 bits per heavy atom. The summed E-state index contributed by atoms with van der Waals surface area (Å²) in [6.45, 7) is 2.98. The van der Waals surface area contributed by atoms with Gasteiger partial charge in [0.25, 0.3) is 0 Å². The standard InChI is InChI=1S/C26H29O2P/c1-21(28-26-17-8-9-18-27-26)19-22-11-10-16-25(20-22)29(23-12-4-2-5-13-23)24-14-6-3-7-15-24/h2-7,10-16,20-21,26H,8-9,17-19H2,1H3. The van der Waals surface area contributed by atoms with Crippen molar-refractivity contribution >= 4 is 23.8 Å². The van der Waals surface area contributed by atoms with E-state index in [1.165, 1.54) is 27.9 Å². The van der Waals surface area contributed by atoms with Crippen LogP contribution in [0.4, 0.5) is 0 Å². The average molecular weight is 404 g/mol. The summed E-state index contributed by atoms with van der Waals surface area (Å²) in [6.07, 6.45) is 4.38. The number of hydrogen-bond acceptors (Lipinski definition) is 2. The van der Waals surface area contributed by atoms with E-state index in [0.717, 1.165) is 25.9 Å². The summed E-state index contributed by atoms with van der Waals surface area (Å²) in [4.78, 5) is 0. The zero-order chi connectivity index (χ0) is 19.9. The SMILES string of the molecule is CC(Cc1cccc(P(c2ccccc2)c2ccccc2)c1)OC1CCCCO1. The Morgan fingerprint density at radius 1 is 0.862 bits per heavy atom. The van der Waals surface area contributed by atoms with Gasteiger partial charge >= 0.3 is 0 Å². The lowest BCUT2D eigenvalue weighted by molar-refractivity contribution is -0.183. The molecule has 0 amide bonds. The van der Waals surface area contributed by atoms with Crippen molar-refractivity contribution in [3.63, 3.8) is 0 Å². The summed E-state index contributed by atoms with van der Waals surface area (Å²) in [6, 6.07) is 30.8. The first-order valence-electron chi connectivity index (χ1n) is 10.6. The fourth-order valence-corrected chi connectivity index (χ4v) is 6.25. The minimum atomic E-state index is -0.569. The molecule has 0 aromatic heterocycles. The van der Waals surface area contributed by atoms with Crippen LogP contribution >= 0.6 is 7.92 Å². The van der Waals surface area contributed by atoms with Gasteiger partial charge in [-0.05, 0) is 62.0 Å². The molecule has 3 aromatic rings. The molecule has 0 radical (unpaired) electrons. The van der Waals surface area contributed by atoms with Gasteiger partial charge in [-0.15, -0.1) is 0 Å². The summed E-state index contributed by atoms with van der Waals surface area (Å²) >= 11 is 0. The van der Waals surface area contributed by atoms with Gasteiger partial charge in [-0.1, -0.05) is 84.9 Å². The summed E-state index contributed by atoms with van der Waals surface area (Å²) in [5.41, 5.74) is 1.32. The highest BCUT2D eigenvalue weighted by Crippen LogP contribution is 2.33. The highest BCUT2D eigenvalue weighted by atomic mass is 31.1. The third-order valence-electron chi connectivity index (χ3n) is 5.24. The van der Waals surface area contributed by atoms with Crippen molar-refractivity contribution in [3.05, 3.63) is 90.5 Å². The number of rotatable bonds is 7. The largest absolute Gasteiger partial charge is 0.353 e. The van der Waals surface area contributed by atoms with E-state index < -0.39 is 7.92 Å². The zero-order valence-electron chi connectivity index (χ0n) is 17.0. The van der Waals surface area contributed by atoms with Crippen LogP contribution in [0, 0.1) is 0 Å². The maximum Gasteiger partial charge on any atom is 0.157 e. The smallest absolute Gasteiger partial charge is 0.157 e. The molecule has 0 saturated carbocycles. The van der Waals surface area contributed by atoms with Crippen molar-refractivity contribution in [1.29, 1.82) is 0 Å². The summed E-state index contributed by atoms with van der Waals surface area (Å²) in [5, 5.41) is 4.15. The van der Waals surface area contributed by atoms with Crippen LogP contribution < -0.4 is 15.9 Å². The molecule has 0 spiro atoms. The van der Waals surface area contributed by atoms with Gasteiger partial charge in [-0.3, -0.25) is 0 Å². The van der Waals surface area contributed by atoms with Crippen molar-refractivity contribution in [1.82, 2.24) is 0 Å². The number of ether oxygens (including phenoxy) is 2. The van der Waals surface area contributed by atoms with Crippen LogP contribution in [-0.2, 0) is 15.9 Å². The van der Waals surface area contributed by atoms with Gasteiger partial charge < -0.3 is 9.47 Å². The fraction of sp³-hybridized carbons (Fsp3) is 0.308. The van der Waals surface area contributed by atoms with Crippen LogP contribution in [-0.4, -0.2) is 19.0 Å². The van der Waals surface area contributed by atoms with E-state index in [0.29, 0.717) is 0 Å². The van der Waals surface area contributed by atoms with Gasteiger partial charge in [0.2, 0.25) is 0 Å². The molecular formula is C26H29O2P. The third-order valence-corrected chi connectivity index (χ3v) is 7.67. The molecule has 150 valence electrons. The highest BCUT2D eigenvalue weighted by Gasteiger charge is 2.19. The predicted octanol–water partition coefficient (Wildman–Crippen LogP) is 4.92. The maximum atomic E-state index is 6.15. The molecule has 2 atom stereocenters. The molecule has 1 aliphatic heterocycles. The van der Waals surface area contributed by atoms with Crippen LogP contribution in [0.15, 0.2) is 84.9 Å². The first-order chi connectivity index (χ1) is 14.3. The second-order valence-electron chi connectivity index (χ2n) is 7.62. The second-order valence-corrected chi connectivity index (χ2v) is 9.84. The van der Waals surface area contributed by atoms with E-state index in [4.69, 9.17) is 9.47 Å². The minimum Gasteiger partial charge on any atom is -0.353 e. The zero-order valence-corrected chi connectivity index (χ0v) is 17.9. The van der Waals surface area contributed by atoms with Crippen molar-refractivity contribution in [2.45, 2.75) is 45.0 Å². The van der Waals surface area contributed by atoms with Crippen molar-refractivity contribution in [2.24, 2.45) is 0 Å². The lowest BCUT2D eigenvalue weighted by atomic mass is 10.1. The number of hydrogen-bond donors (Lipinski definition) is 0. The summed E-state index contributed by atoms with van der Waals surface area (Å²) in [7, 11) is -0.569. The quantitative estimate of drug-likeness (QED) is 0.521. The van der Waals surface area contributed by atoms with E-state index in [-0.39, 0.29) is 12.4 Å². The molecule has 1 fully saturated rings. The second kappa shape index (κ2) is 10.2. The van der Waals surface area contributed by atoms with Crippen LogP contribution in [0.2, 0.25) is 0 Å². The van der Waals surface area contributed by atoms with Gasteiger partial charge in [0.1, 0.15) is 0 Å². The number of benzene rings is 3. The van der Waals surface area contributed by atoms with Crippen LogP contribution in [0.5, 0.6) is 0 Å². The Balaban J connectivity index is 1.55. The molecule has 1 aliphatic rings. The van der Waals surface area contributed by atoms with Crippen molar-refractivity contribution < 1.29 is 9.47 Å². The van der Waals surface area contributed by atoms with Gasteiger partial charge in [0, 0.05) is 6.61 Å². The van der Waals surface area contributed by atoms with Crippen molar-refractivity contribution in [2.75, 3.05) is 6.61 Å². The molecule has 3 aromatic carbocycles. The van der Waals surface area contributed by atoms with E-state index in [1.807, 2.05) is 0 Å². The summed E-state index contributed by atoms with van der Waals surface area (Å²) in [5.74, 6) is 0. The average Bonchev–Trinajstić information content (AvgIpc) is 2.76. The monoisotopic (exact) mass is 404 g/mol. The Kier molecular flexibility index (Phi) is 7.11. The molecule has 29 heavy (non-hydrogen) atoms. The molecule has 0 N–H and O–H groups in total. The lowest BCUT2D eigenvalue weighted by Crippen LogP contribution is -2.27. The molecule has 3 heteroatoms. The van der Waals surface area contributed by atoms with Gasteiger partial charge in [-0.2, -0.15) is 0 Å². The van der Waals surface area contributed by atoms with Gasteiger partial charge in [-0.25, -0.2) is 0 Å². The minimum absolute atomic E-state index is 0.0345. The van der Waals surface area contributed by atoms with Crippen LogP contribution in [0.25, 0.3) is 0 Å². The van der Waals surface area contributed by atoms with Crippen LogP contribution in [0.3, 0.4) is 0 Å². The molecule has 1 saturated heterocycles. The van der Waals surface area contributed by atoms with Crippen LogP contribution in [0.1, 0.15) is 31.7 Å². The van der Waals surface area contributed by atoms with E-state index in [2.05, 4.69) is 91.9 Å². The lowest BCUT2D eigenvalue weighted by Gasteiger charge is -2.26. The fourth-order valence-electron chi connectivity index (χ4n) is 3.88. The molecule has 4 rings (SSSR count). The van der Waals surface area contributed by atoms with E-state index >= 15 is 0 Å². The first kappa shape index (κ1) is 20.3. The predicted molar refractivity (Wildman–Crippen MR) is 123 cm³/mol. The molecule has 2 unspecified atom stereocenters. The molecule has 2 nitrogen and oxygen atoms in total. The Bertz CT molecular complexity index is 836. The maximum absolute atomic E-state index is 6.15. The van der Waals surface area contributed by atoms with E-state index in [9.17, 15) is 0 Å².